The molecule has 0 amide bonds. The zero-order valence-electron chi connectivity index (χ0n) is 18.0. The summed E-state index contributed by atoms with van der Waals surface area (Å²) in [5.74, 6) is 0. The van der Waals surface area contributed by atoms with E-state index < -0.39 is 38.0 Å². The van der Waals surface area contributed by atoms with Crippen molar-refractivity contribution in [2.45, 2.75) is 62.2 Å². The first-order valence-electron chi connectivity index (χ1n) is 10.0. The number of nitrogens with one attached hydrogen (secondary N) is 1. The van der Waals surface area contributed by atoms with Gasteiger partial charge in [-0.2, -0.15) is 0 Å². The minimum atomic E-state index is -2.02. The van der Waals surface area contributed by atoms with Gasteiger partial charge in [0.15, 0.2) is 0 Å². The molecule has 2 N–H and O–H groups in total. The van der Waals surface area contributed by atoms with Crippen LogP contribution in [-0.4, -0.2) is 56.7 Å². The minimum absolute atomic E-state index is 0.0409. The van der Waals surface area contributed by atoms with Crippen molar-refractivity contribution in [3.05, 3.63) is 63.4 Å². The van der Waals surface area contributed by atoms with E-state index in [1.165, 1.54) is 16.8 Å². The summed E-state index contributed by atoms with van der Waals surface area (Å²) in [5.41, 5.74) is -1.00. The van der Waals surface area contributed by atoms with Gasteiger partial charge in [0.1, 0.15) is 0 Å². The molecule has 1 unspecified atom stereocenters. The molecule has 30 heavy (non-hydrogen) atoms. The number of hydrogen-bond acceptors (Lipinski definition) is 5. The van der Waals surface area contributed by atoms with Gasteiger partial charge in [0, 0.05) is 0 Å². The molecule has 9 heteroatoms. The van der Waals surface area contributed by atoms with Gasteiger partial charge < -0.3 is 0 Å². The van der Waals surface area contributed by atoms with E-state index >= 15 is 0 Å². The van der Waals surface area contributed by atoms with Crippen LogP contribution in [0.1, 0.15) is 27.0 Å². The first-order valence-corrected chi connectivity index (χ1v) is 14.8. The molecule has 1 saturated heterocycles. The van der Waals surface area contributed by atoms with Gasteiger partial charge >= 0.3 is 184 Å². The number of aliphatic hydroxyl groups excluding tert-OH is 1. The van der Waals surface area contributed by atoms with E-state index in [1.54, 1.807) is 0 Å². The normalized spacial score (nSPS) is 24.9. The Hall–Kier alpha value is -1.48. The van der Waals surface area contributed by atoms with Gasteiger partial charge in [-0.05, 0) is 0 Å². The summed E-state index contributed by atoms with van der Waals surface area (Å²) in [4.78, 5) is 25.9. The fourth-order valence-electron chi connectivity index (χ4n) is 3.00. The SMILES string of the molecule is CC(C)(C)[Si](C)(C)OC[C@H]1OC(n2ccc(=O)[nH]c2=O)[C@H]([Se]c2ccccc2)[C@H]1O. The summed E-state index contributed by atoms with van der Waals surface area (Å²) in [6, 6.07) is 11.2. The second kappa shape index (κ2) is 8.94. The van der Waals surface area contributed by atoms with E-state index in [-0.39, 0.29) is 31.4 Å². The van der Waals surface area contributed by atoms with Gasteiger partial charge in [-0.3, -0.25) is 0 Å². The number of aliphatic hydroxyl groups is 1. The molecule has 1 aromatic carbocycles. The fraction of sp³-hybridized carbons (Fsp3) is 0.524. The molecule has 0 radical (unpaired) electrons. The quantitative estimate of drug-likeness (QED) is 0.592. The van der Waals surface area contributed by atoms with Crippen LogP contribution in [0.25, 0.3) is 0 Å². The zero-order chi connectivity index (χ0) is 22.1. The summed E-state index contributed by atoms with van der Waals surface area (Å²) in [6.07, 6.45) is -0.557. The van der Waals surface area contributed by atoms with Crippen LogP contribution in [0.3, 0.4) is 0 Å². The van der Waals surface area contributed by atoms with Gasteiger partial charge in [0.25, 0.3) is 0 Å². The van der Waals surface area contributed by atoms with Crippen LogP contribution in [0, 0.1) is 0 Å². The monoisotopic (exact) mass is 498 g/mol. The molecule has 1 fully saturated rings. The fourth-order valence-corrected chi connectivity index (χ4v) is 6.64. The van der Waals surface area contributed by atoms with E-state index in [0.29, 0.717) is 0 Å². The third-order valence-corrected chi connectivity index (χ3v) is 13.2. The number of benzene rings is 1. The van der Waals surface area contributed by atoms with Crippen LogP contribution >= 0.6 is 0 Å². The molecule has 0 bridgehead atoms. The molecule has 2 heterocycles. The number of aromatic nitrogens is 2. The number of nitrogens with zero attached hydrogens (tertiary/aromatic N) is 1. The Labute approximate surface area is 183 Å². The maximum atomic E-state index is 12.4. The Morgan fingerprint density at radius 2 is 1.87 bits per heavy atom. The van der Waals surface area contributed by atoms with Crippen molar-refractivity contribution >= 4 is 27.7 Å². The van der Waals surface area contributed by atoms with Crippen LogP contribution in [0.4, 0.5) is 0 Å². The molecule has 0 saturated carbocycles. The molecule has 1 aliphatic rings. The van der Waals surface area contributed by atoms with Crippen molar-refractivity contribution in [2.75, 3.05) is 6.61 Å². The van der Waals surface area contributed by atoms with E-state index in [4.69, 9.17) is 9.16 Å². The number of H-pyrrole nitrogens is 1. The third kappa shape index (κ3) is 5.04. The number of hydrogen-bond donors (Lipinski definition) is 2. The van der Waals surface area contributed by atoms with Gasteiger partial charge in [0.05, 0.1) is 0 Å². The zero-order valence-corrected chi connectivity index (χ0v) is 20.7. The van der Waals surface area contributed by atoms with Gasteiger partial charge in [0.2, 0.25) is 0 Å². The molecule has 164 valence electrons. The van der Waals surface area contributed by atoms with Crippen molar-refractivity contribution in [3.8, 4) is 0 Å². The van der Waals surface area contributed by atoms with Crippen LogP contribution in [0.15, 0.2) is 52.2 Å². The molecule has 1 aromatic heterocycles. The molecule has 0 spiro atoms. The average Bonchev–Trinajstić information content (AvgIpc) is 2.96. The Morgan fingerprint density at radius 1 is 1.20 bits per heavy atom. The van der Waals surface area contributed by atoms with Gasteiger partial charge in [-0.1, -0.05) is 0 Å². The Morgan fingerprint density at radius 3 is 2.47 bits per heavy atom. The van der Waals surface area contributed by atoms with Crippen LogP contribution in [0.2, 0.25) is 22.9 Å². The second-order valence-electron chi connectivity index (χ2n) is 9.04. The number of ether oxygens (including phenoxy) is 1. The van der Waals surface area contributed by atoms with E-state index in [0.717, 1.165) is 4.46 Å². The molecular weight excluding hydrogens is 467 g/mol. The van der Waals surface area contributed by atoms with E-state index in [2.05, 4.69) is 38.8 Å². The summed E-state index contributed by atoms with van der Waals surface area (Å²) in [5, 5.41) is 11.2. The molecule has 2 aromatic rings. The molecule has 0 aliphatic carbocycles. The Balaban J connectivity index is 1.87. The van der Waals surface area contributed by atoms with Crippen LogP contribution in [-0.2, 0) is 9.16 Å². The van der Waals surface area contributed by atoms with E-state index in [9.17, 15) is 14.7 Å². The Kier molecular flexibility index (Phi) is 6.91. The molecule has 3 rings (SSSR count). The van der Waals surface area contributed by atoms with Crippen molar-refractivity contribution in [1.82, 2.24) is 9.55 Å². The van der Waals surface area contributed by atoms with Crippen LogP contribution in [0.5, 0.6) is 0 Å². The Bertz CT molecular complexity index is 970. The number of aromatic amines is 1. The maximum absolute atomic E-state index is 12.4. The standard InChI is InChI=1S/C21H30N2O5SeSi/c1-21(2,3)30(4,5)27-13-15-17(25)18(29-14-9-7-6-8-10-14)19(28-15)23-12-11-16(24)22-20(23)26/h6-12,15,17-19,25H,13H2,1-5H3,(H,22,24,26)/t15-,17+,18-,19?/m1/s1. The number of rotatable bonds is 6. The molecule has 1 aliphatic heterocycles. The van der Waals surface area contributed by atoms with Crippen LogP contribution < -0.4 is 15.7 Å². The predicted octanol–water partition coefficient (Wildman–Crippen LogP) is 1.63. The van der Waals surface area contributed by atoms with Gasteiger partial charge in [-0.15, -0.1) is 0 Å². The molecular formula is C21H30N2O5SeSi. The van der Waals surface area contributed by atoms with Crippen molar-refractivity contribution in [1.29, 1.82) is 0 Å². The summed E-state index contributed by atoms with van der Waals surface area (Å²) < 4.78 is 14.9. The average molecular weight is 498 g/mol. The van der Waals surface area contributed by atoms with E-state index in [1.807, 2.05) is 30.3 Å². The first-order chi connectivity index (χ1) is 14.0. The summed E-state index contributed by atoms with van der Waals surface area (Å²) >= 11 is -0.146. The second-order valence-corrected chi connectivity index (χ2v) is 16.5. The molecule has 7 nitrogen and oxygen atoms in total. The first kappa shape index (κ1) is 23.2. The topological polar surface area (TPSA) is 93.5 Å². The third-order valence-electron chi connectivity index (χ3n) is 5.87. The molecule has 4 atom stereocenters. The summed E-state index contributed by atoms with van der Waals surface area (Å²) in [7, 11) is -2.02. The van der Waals surface area contributed by atoms with Crippen molar-refractivity contribution < 1.29 is 14.3 Å². The van der Waals surface area contributed by atoms with Gasteiger partial charge in [-0.25, -0.2) is 0 Å². The summed E-state index contributed by atoms with van der Waals surface area (Å²) in [6.45, 7) is 11.1. The predicted molar refractivity (Wildman–Crippen MR) is 120 cm³/mol. The van der Waals surface area contributed by atoms with Crippen molar-refractivity contribution in [2.24, 2.45) is 0 Å². The van der Waals surface area contributed by atoms with Crippen molar-refractivity contribution in [3.63, 3.8) is 0 Å².